The van der Waals surface area contributed by atoms with Crippen molar-refractivity contribution >= 4 is 6.03 Å². The fraction of sp³-hybridized carbons (Fsp3) is 0.556. The molecule has 2 heterocycles. The van der Waals surface area contributed by atoms with Crippen LogP contribution in [0.5, 0.6) is 0 Å². The number of imidazole rings is 1. The van der Waals surface area contributed by atoms with E-state index >= 15 is 0 Å². The summed E-state index contributed by atoms with van der Waals surface area (Å²) in [6.45, 7) is 2.23. The Kier molecular flexibility index (Phi) is 2.67. The van der Waals surface area contributed by atoms with Gasteiger partial charge in [0.25, 0.3) is 0 Å². The average molecular weight is 194 g/mol. The van der Waals surface area contributed by atoms with Gasteiger partial charge in [-0.25, -0.2) is 9.78 Å². The molecule has 0 bridgehead atoms. The van der Waals surface area contributed by atoms with Gasteiger partial charge in [0.2, 0.25) is 0 Å². The molecule has 1 fully saturated rings. The molecule has 0 aliphatic carbocycles. The summed E-state index contributed by atoms with van der Waals surface area (Å²) in [7, 11) is 0. The number of hydrogen-bond donors (Lipinski definition) is 2. The Morgan fingerprint density at radius 2 is 2.36 bits per heavy atom. The van der Waals surface area contributed by atoms with Gasteiger partial charge in [-0.05, 0) is 12.8 Å². The van der Waals surface area contributed by atoms with Crippen LogP contribution in [0.1, 0.15) is 18.7 Å². The average Bonchev–Trinajstić information content (AvgIpc) is 2.87. The Hall–Kier alpha value is -1.52. The summed E-state index contributed by atoms with van der Waals surface area (Å²) in [4.78, 5) is 20.3. The summed E-state index contributed by atoms with van der Waals surface area (Å²) in [5.74, 6) is 0.789. The van der Waals surface area contributed by atoms with E-state index in [-0.39, 0.29) is 6.03 Å². The molecule has 0 unspecified atom stereocenters. The third kappa shape index (κ3) is 2.04. The fourth-order valence-corrected chi connectivity index (χ4v) is 1.59. The van der Waals surface area contributed by atoms with Crippen LogP contribution in [-0.2, 0) is 6.54 Å². The largest absolute Gasteiger partial charge is 0.347 e. The number of nitrogens with one attached hydrogen (secondary N) is 2. The van der Waals surface area contributed by atoms with Gasteiger partial charge in [-0.15, -0.1) is 0 Å². The first-order valence-corrected chi connectivity index (χ1v) is 4.87. The highest BCUT2D eigenvalue weighted by Gasteiger charge is 2.17. The number of H-pyrrole nitrogens is 1. The van der Waals surface area contributed by atoms with Crippen LogP contribution in [0.4, 0.5) is 4.79 Å². The molecule has 1 aliphatic heterocycles. The quantitative estimate of drug-likeness (QED) is 0.728. The number of nitrogens with zero attached hydrogens (tertiary/aromatic N) is 2. The first kappa shape index (κ1) is 9.05. The first-order chi connectivity index (χ1) is 6.86. The Balaban J connectivity index is 1.77. The van der Waals surface area contributed by atoms with Gasteiger partial charge in [-0.1, -0.05) is 0 Å². The molecule has 76 valence electrons. The summed E-state index contributed by atoms with van der Waals surface area (Å²) >= 11 is 0. The van der Waals surface area contributed by atoms with E-state index in [1.807, 2.05) is 4.90 Å². The van der Waals surface area contributed by atoms with E-state index in [1.54, 1.807) is 12.4 Å². The van der Waals surface area contributed by atoms with Crippen molar-refractivity contribution in [2.45, 2.75) is 19.4 Å². The van der Waals surface area contributed by atoms with Crippen molar-refractivity contribution in [2.24, 2.45) is 0 Å². The fourth-order valence-electron chi connectivity index (χ4n) is 1.59. The molecule has 2 N–H and O–H groups in total. The molecule has 1 aromatic heterocycles. The molecule has 0 aromatic carbocycles. The third-order valence-corrected chi connectivity index (χ3v) is 2.36. The van der Waals surface area contributed by atoms with Crippen molar-refractivity contribution in [1.82, 2.24) is 20.2 Å². The summed E-state index contributed by atoms with van der Waals surface area (Å²) in [6.07, 6.45) is 5.66. The van der Waals surface area contributed by atoms with E-state index in [1.165, 1.54) is 0 Å². The van der Waals surface area contributed by atoms with Crippen molar-refractivity contribution in [3.8, 4) is 0 Å². The van der Waals surface area contributed by atoms with Crippen molar-refractivity contribution in [2.75, 3.05) is 13.1 Å². The van der Waals surface area contributed by atoms with E-state index < -0.39 is 0 Å². The Morgan fingerprint density at radius 1 is 1.57 bits per heavy atom. The van der Waals surface area contributed by atoms with Crippen LogP contribution in [0.25, 0.3) is 0 Å². The van der Waals surface area contributed by atoms with Gasteiger partial charge in [0.15, 0.2) is 0 Å². The molecule has 5 heteroatoms. The number of amides is 2. The van der Waals surface area contributed by atoms with Gasteiger partial charge in [0.05, 0.1) is 6.54 Å². The number of likely N-dealkylation sites (tertiary alicyclic amines) is 1. The van der Waals surface area contributed by atoms with Crippen LogP contribution in [0.15, 0.2) is 12.4 Å². The van der Waals surface area contributed by atoms with Crippen molar-refractivity contribution in [3.63, 3.8) is 0 Å². The van der Waals surface area contributed by atoms with Crippen molar-refractivity contribution in [1.29, 1.82) is 0 Å². The van der Waals surface area contributed by atoms with Crippen molar-refractivity contribution in [3.05, 3.63) is 18.2 Å². The molecular formula is C9H14N4O. The number of aromatic nitrogens is 2. The number of aromatic amines is 1. The number of rotatable bonds is 2. The maximum Gasteiger partial charge on any atom is 0.317 e. The second-order valence-electron chi connectivity index (χ2n) is 3.39. The zero-order chi connectivity index (χ0) is 9.80. The lowest BCUT2D eigenvalue weighted by molar-refractivity contribution is 0.208. The molecule has 5 nitrogen and oxygen atoms in total. The summed E-state index contributed by atoms with van der Waals surface area (Å²) in [5.41, 5.74) is 0. The number of carbonyl (C=O) groups is 1. The maximum atomic E-state index is 11.5. The molecular weight excluding hydrogens is 180 g/mol. The number of hydrogen-bond acceptors (Lipinski definition) is 2. The standard InChI is InChI=1S/C9H14N4O/c14-9(13-5-1-2-6-13)12-7-8-10-3-4-11-8/h3-4H,1-2,5-7H2,(H,10,11)(H,12,14). The maximum absolute atomic E-state index is 11.5. The van der Waals surface area contributed by atoms with E-state index in [9.17, 15) is 4.79 Å². The smallest absolute Gasteiger partial charge is 0.317 e. The topological polar surface area (TPSA) is 61.0 Å². The lowest BCUT2D eigenvalue weighted by atomic mass is 10.4. The predicted molar refractivity (Wildman–Crippen MR) is 51.6 cm³/mol. The van der Waals surface area contributed by atoms with Crippen LogP contribution in [0.2, 0.25) is 0 Å². The molecule has 0 atom stereocenters. The van der Waals surface area contributed by atoms with Crippen LogP contribution in [-0.4, -0.2) is 34.0 Å². The molecule has 0 saturated carbocycles. The Labute approximate surface area is 82.5 Å². The normalized spacial score (nSPS) is 15.9. The minimum Gasteiger partial charge on any atom is -0.347 e. The predicted octanol–water partition coefficient (Wildman–Crippen LogP) is 0.715. The van der Waals surface area contributed by atoms with Gasteiger partial charge >= 0.3 is 6.03 Å². The van der Waals surface area contributed by atoms with Crippen LogP contribution >= 0.6 is 0 Å². The SMILES string of the molecule is O=C(NCc1ncc[nH]1)N1CCCC1. The summed E-state index contributed by atoms with van der Waals surface area (Å²) < 4.78 is 0. The van der Waals surface area contributed by atoms with Crippen LogP contribution in [0, 0.1) is 0 Å². The minimum atomic E-state index is 0.0129. The highest BCUT2D eigenvalue weighted by atomic mass is 16.2. The van der Waals surface area contributed by atoms with E-state index in [0.717, 1.165) is 31.8 Å². The lowest BCUT2D eigenvalue weighted by Gasteiger charge is -2.15. The van der Waals surface area contributed by atoms with Gasteiger partial charge in [-0.3, -0.25) is 0 Å². The van der Waals surface area contributed by atoms with E-state index in [2.05, 4.69) is 15.3 Å². The highest BCUT2D eigenvalue weighted by molar-refractivity contribution is 5.74. The first-order valence-electron chi connectivity index (χ1n) is 4.87. The molecule has 1 aromatic rings. The molecule has 1 saturated heterocycles. The minimum absolute atomic E-state index is 0.0129. The van der Waals surface area contributed by atoms with Gasteiger partial charge in [0, 0.05) is 25.5 Å². The second kappa shape index (κ2) is 4.13. The summed E-state index contributed by atoms with van der Waals surface area (Å²) in [6, 6.07) is 0.0129. The van der Waals surface area contributed by atoms with Gasteiger partial charge in [0.1, 0.15) is 5.82 Å². The number of carbonyl (C=O) groups excluding carboxylic acids is 1. The van der Waals surface area contributed by atoms with Crippen LogP contribution < -0.4 is 5.32 Å². The van der Waals surface area contributed by atoms with E-state index in [4.69, 9.17) is 0 Å². The molecule has 2 amide bonds. The zero-order valence-electron chi connectivity index (χ0n) is 7.99. The molecule has 0 spiro atoms. The monoisotopic (exact) mass is 194 g/mol. The van der Waals surface area contributed by atoms with Gasteiger partial charge < -0.3 is 15.2 Å². The summed E-state index contributed by atoms with van der Waals surface area (Å²) in [5, 5.41) is 2.82. The Bertz CT molecular complexity index is 290. The zero-order valence-corrected chi connectivity index (χ0v) is 7.99. The van der Waals surface area contributed by atoms with Crippen molar-refractivity contribution < 1.29 is 4.79 Å². The molecule has 2 rings (SSSR count). The van der Waals surface area contributed by atoms with E-state index in [0.29, 0.717) is 6.54 Å². The molecule has 1 aliphatic rings. The molecule has 0 radical (unpaired) electrons. The third-order valence-electron chi connectivity index (χ3n) is 2.36. The van der Waals surface area contributed by atoms with Gasteiger partial charge in [-0.2, -0.15) is 0 Å². The second-order valence-corrected chi connectivity index (χ2v) is 3.39. The van der Waals surface area contributed by atoms with Crippen LogP contribution in [0.3, 0.4) is 0 Å². The molecule has 14 heavy (non-hydrogen) atoms. The highest BCUT2D eigenvalue weighted by Crippen LogP contribution is 2.06. The lowest BCUT2D eigenvalue weighted by Crippen LogP contribution is -2.37. The number of urea groups is 1. The Morgan fingerprint density at radius 3 is 3.00 bits per heavy atom.